The van der Waals surface area contributed by atoms with Crippen molar-refractivity contribution in [2.75, 3.05) is 40.1 Å². The van der Waals surface area contributed by atoms with E-state index in [4.69, 9.17) is 14.2 Å². The number of urea groups is 1. The van der Waals surface area contributed by atoms with E-state index in [1.165, 1.54) is 5.06 Å². The molecule has 1 unspecified atom stereocenters. The van der Waals surface area contributed by atoms with E-state index in [0.29, 0.717) is 39.2 Å². The third-order valence-electron chi connectivity index (χ3n) is 7.95. The highest BCUT2D eigenvalue weighted by molar-refractivity contribution is 5.75. The minimum Gasteiger partial charge on any atom is -0.382 e. The number of methoxy groups -OCH3 is 1. The van der Waals surface area contributed by atoms with Crippen LogP contribution in [0.4, 0.5) is 4.79 Å². The molecule has 3 rings (SSSR count). The molecule has 0 aromatic carbocycles. The van der Waals surface area contributed by atoms with Crippen molar-refractivity contribution >= 4 is 6.03 Å². The van der Waals surface area contributed by atoms with Crippen LogP contribution in [0.1, 0.15) is 81.1 Å². The minimum absolute atomic E-state index is 0.0196. The Hall–Kier alpha value is -0.970. The predicted octanol–water partition coefficient (Wildman–Crippen LogP) is 3.45. The number of rotatable bonds is 9. The van der Waals surface area contributed by atoms with Crippen LogP contribution in [-0.2, 0) is 14.2 Å². The van der Waals surface area contributed by atoms with Crippen LogP contribution in [0.3, 0.4) is 0 Å². The molecule has 0 spiro atoms. The molecule has 204 valence electrons. The lowest BCUT2D eigenvalue weighted by Crippen LogP contribution is -2.67. The van der Waals surface area contributed by atoms with Crippen LogP contribution in [0.25, 0.3) is 0 Å². The molecule has 35 heavy (non-hydrogen) atoms. The zero-order chi connectivity index (χ0) is 26.2. The monoisotopic (exact) mass is 498 g/mol. The molecule has 3 aliphatic rings. The Labute approximate surface area is 212 Å². The molecule has 3 heterocycles. The molecule has 9 nitrogen and oxygen atoms in total. The predicted molar refractivity (Wildman–Crippen MR) is 135 cm³/mol. The van der Waals surface area contributed by atoms with Gasteiger partial charge in [-0.3, -0.25) is 4.90 Å². The average Bonchev–Trinajstić information content (AvgIpc) is 3.50. The second-order valence-corrected chi connectivity index (χ2v) is 13.1. The Balaban J connectivity index is 1.75. The van der Waals surface area contributed by atoms with E-state index < -0.39 is 11.1 Å². The molecule has 0 aliphatic carbocycles. The molecule has 0 saturated carbocycles. The molecule has 1 atom stereocenters. The Kier molecular flexibility index (Phi) is 8.51. The van der Waals surface area contributed by atoms with Crippen LogP contribution in [0.15, 0.2) is 0 Å². The van der Waals surface area contributed by atoms with Gasteiger partial charge in [-0.15, -0.1) is 0 Å². The standard InChI is InChI=1S/C26H50N4O5/c1-23(2)16-20(17-24(3,4)29(23)21-18-35-21)28(10-11-34-13-12-33-9)22(31)27-19-14-25(5,6)30(32)26(7,8)15-19/h19-21,32H,10-18H2,1-9H3,(H,27,31). The number of hydroxylamine groups is 2. The number of hydrogen-bond acceptors (Lipinski definition) is 7. The molecule has 2 amide bonds. The zero-order valence-electron chi connectivity index (χ0n) is 23.5. The zero-order valence-corrected chi connectivity index (χ0v) is 23.5. The number of carbonyl (C=O) groups is 1. The van der Waals surface area contributed by atoms with Crippen LogP contribution in [-0.4, -0.2) is 107 Å². The fourth-order valence-corrected chi connectivity index (χ4v) is 6.92. The molecule has 0 radical (unpaired) electrons. The van der Waals surface area contributed by atoms with Gasteiger partial charge in [0.05, 0.1) is 26.4 Å². The van der Waals surface area contributed by atoms with Gasteiger partial charge in [0.15, 0.2) is 0 Å². The first kappa shape index (κ1) is 28.6. The third kappa shape index (κ3) is 6.67. The van der Waals surface area contributed by atoms with E-state index in [1.54, 1.807) is 7.11 Å². The number of amides is 2. The number of nitrogens with zero attached hydrogens (tertiary/aromatic N) is 3. The quantitative estimate of drug-likeness (QED) is 0.372. The normalized spacial score (nSPS) is 28.6. The highest BCUT2D eigenvalue weighted by atomic mass is 16.6. The smallest absolute Gasteiger partial charge is 0.317 e. The van der Waals surface area contributed by atoms with E-state index >= 15 is 0 Å². The fraction of sp³-hybridized carbons (Fsp3) is 0.962. The molecular formula is C26H50N4O5. The molecule has 3 fully saturated rings. The second kappa shape index (κ2) is 10.4. The van der Waals surface area contributed by atoms with Gasteiger partial charge in [0.25, 0.3) is 0 Å². The van der Waals surface area contributed by atoms with E-state index in [2.05, 4.69) is 37.9 Å². The molecule has 3 aliphatic heterocycles. The van der Waals surface area contributed by atoms with Crippen molar-refractivity contribution in [2.24, 2.45) is 0 Å². The van der Waals surface area contributed by atoms with Crippen molar-refractivity contribution in [2.45, 2.75) is 122 Å². The number of nitrogens with one attached hydrogen (secondary N) is 1. The maximum absolute atomic E-state index is 13.8. The van der Waals surface area contributed by atoms with Crippen molar-refractivity contribution in [3.05, 3.63) is 0 Å². The summed E-state index contributed by atoms with van der Waals surface area (Å²) in [6.45, 7) is 20.0. The summed E-state index contributed by atoms with van der Waals surface area (Å²) < 4.78 is 16.6. The van der Waals surface area contributed by atoms with Crippen LogP contribution in [0.5, 0.6) is 0 Å². The lowest BCUT2D eigenvalue weighted by Gasteiger charge is -2.56. The van der Waals surface area contributed by atoms with Crippen molar-refractivity contribution in [1.82, 2.24) is 20.2 Å². The summed E-state index contributed by atoms with van der Waals surface area (Å²) >= 11 is 0. The van der Waals surface area contributed by atoms with Crippen molar-refractivity contribution in [3.8, 4) is 0 Å². The van der Waals surface area contributed by atoms with Gasteiger partial charge in [-0.1, -0.05) is 0 Å². The molecule has 0 aromatic rings. The number of epoxide rings is 1. The van der Waals surface area contributed by atoms with Gasteiger partial charge in [-0.05, 0) is 81.1 Å². The Morgan fingerprint density at radius 1 is 0.943 bits per heavy atom. The number of piperidine rings is 2. The molecule has 0 bridgehead atoms. The van der Waals surface area contributed by atoms with Gasteiger partial charge in [0, 0.05) is 47.9 Å². The minimum atomic E-state index is -0.423. The SMILES string of the molecule is COCCOCCN(C(=O)NC1CC(C)(C)N(O)C(C)(C)C1)C1CC(C)(C)N(C2CO2)C(C)(C)C1. The molecule has 0 aromatic heterocycles. The number of ether oxygens (including phenoxy) is 3. The van der Waals surface area contributed by atoms with Crippen LogP contribution >= 0.6 is 0 Å². The van der Waals surface area contributed by atoms with Gasteiger partial charge < -0.3 is 29.6 Å². The second-order valence-electron chi connectivity index (χ2n) is 13.1. The largest absolute Gasteiger partial charge is 0.382 e. The lowest BCUT2D eigenvalue weighted by atomic mass is 9.76. The van der Waals surface area contributed by atoms with Crippen molar-refractivity contribution in [3.63, 3.8) is 0 Å². The number of likely N-dealkylation sites (tertiary alicyclic amines) is 1. The Morgan fingerprint density at radius 2 is 1.49 bits per heavy atom. The number of carbonyl (C=O) groups excluding carboxylic acids is 1. The van der Waals surface area contributed by atoms with Crippen molar-refractivity contribution in [1.29, 1.82) is 0 Å². The van der Waals surface area contributed by atoms with Gasteiger partial charge in [-0.25, -0.2) is 4.79 Å². The summed E-state index contributed by atoms with van der Waals surface area (Å²) in [7, 11) is 1.66. The van der Waals surface area contributed by atoms with Gasteiger partial charge in [0.2, 0.25) is 0 Å². The van der Waals surface area contributed by atoms with E-state index in [1.807, 2.05) is 32.6 Å². The lowest BCUT2D eigenvalue weighted by molar-refractivity contribution is -0.245. The highest BCUT2D eigenvalue weighted by Crippen LogP contribution is 2.44. The molecule has 3 saturated heterocycles. The first-order chi connectivity index (χ1) is 16.1. The fourth-order valence-electron chi connectivity index (χ4n) is 6.92. The Bertz CT molecular complexity index is 701. The number of hydrogen-bond donors (Lipinski definition) is 2. The summed E-state index contributed by atoms with van der Waals surface area (Å²) in [4.78, 5) is 18.3. The molecule has 9 heteroatoms. The van der Waals surface area contributed by atoms with Crippen LogP contribution in [0.2, 0.25) is 0 Å². The first-order valence-corrected chi connectivity index (χ1v) is 13.1. The van der Waals surface area contributed by atoms with E-state index in [9.17, 15) is 10.0 Å². The van der Waals surface area contributed by atoms with Crippen molar-refractivity contribution < 1.29 is 24.2 Å². The molecule has 2 N–H and O–H groups in total. The third-order valence-corrected chi connectivity index (χ3v) is 7.95. The first-order valence-electron chi connectivity index (χ1n) is 13.1. The van der Waals surface area contributed by atoms with Gasteiger partial charge in [0.1, 0.15) is 6.23 Å². The summed E-state index contributed by atoms with van der Waals surface area (Å²) in [5, 5.41) is 15.5. The topological polar surface area (TPSA) is 90.0 Å². The van der Waals surface area contributed by atoms with Crippen LogP contribution in [0, 0.1) is 0 Å². The summed E-state index contributed by atoms with van der Waals surface area (Å²) in [6, 6.07) is 0.0183. The van der Waals surface area contributed by atoms with Gasteiger partial charge >= 0.3 is 6.03 Å². The van der Waals surface area contributed by atoms with Gasteiger partial charge in [-0.2, -0.15) is 5.06 Å². The highest BCUT2D eigenvalue weighted by Gasteiger charge is 2.53. The maximum atomic E-state index is 13.8. The summed E-state index contributed by atoms with van der Waals surface area (Å²) in [5.74, 6) is 0. The van der Waals surface area contributed by atoms with Crippen LogP contribution < -0.4 is 5.32 Å². The average molecular weight is 499 g/mol. The van der Waals surface area contributed by atoms with E-state index in [-0.39, 0.29) is 35.4 Å². The summed E-state index contributed by atoms with van der Waals surface area (Å²) in [6.07, 6.45) is 3.28. The maximum Gasteiger partial charge on any atom is 0.317 e. The van der Waals surface area contributed by atoms with E-state index in [0.717, 1.165) is 19.4 Å². The molecular weight excluding hydrogens is 448 g/mol. The Morgan fingerprint density at radius 3 is 1.97 bits per heavy atom. The summed E-state index contributed by atoms with van der Waals surface area (Å²) in [5.41, 5.74) is -1.05.